The summed E-state index contributed by atoms with van der Waals surface area (Å²) < 4.78 is 7.20. The molecule has 1 aromatic carbocycles. The van der Waals surface area contributed by atoms with Gasteiger partial charge in [-0.1, -0.05) is 17.7 Å². The Morgan fingerprint density at radius 2 is 2.19 bits per heavy atom. The molecule has 1 unspecified atom stereocenters. The quantitative estimate of drug-likeness (QED) is 0.797. The number of nitrogens with two attached hydrogens (primary N) is 1. The maximum absolute atomic E-state index is 6.37. The molecule has 5 heteroatoms. The summed E-state index contributed by atoms with van der Waals surface area (Å²) in [5.74, 6) is 0.866. The number of fused-ring (bicyclic) bond motifs is 1. The van der Waals surface area contributed by atoms with Crippen molar-refractivity contribution in [3.63, 3.8) is 0 Å². The van der Waals surface area contributed by atoms with E-state index < -0.39 is 0 Å². The summed E-state index contributed by atoms with van der Waals surface area (Å²) in [6.45, 7) is 2.06. The van der Waals surface area contributed by atoms with Crippen LogP contribution in [0.4, 0.5) is 0 Å². The Morgan fingerprint density at radius 1 is 1.33 bits per heavy atom. The average Bonchev–Trinajstić information content (AvgIpc) is 2.91. The van der Waals surface area contributed by atoms with Crippen molar-refractivity contribution in [1.82, 2.24) is 14.6 Å². The molecule has 3 aromatic rings. The molecular formula is C16H18N4O. The van der Waals surface area contributed by atoms with Crippen LogP contribution in [0.15, 0.2) is 43.0 Å². The van der Waals surface area contributed by atoms with Gasteiger partial charge in [-0.2, -0.15) is 5.10 Å². The number of hydrogen-bond donors (Lipinski definition) is 1. The molecule has 0 fully saturated rings. The maximum atomic E-state index is 6.37. The zero-order valence-electron chi connectivity index (χ0n) is 12.2. The summed E-state index contributed by atoms with van der Waals surface area (Å²) in [7, 11) is 1.68. The molecule has 0 saturated carbocycles. The van der Waals surface area contributed by atoms with Crippen molar-refractivity contribution in [3.05, 3.63) is 59.7 Å². The molecule has 0 aliphatic carbocycles. The van der Waals surface area contributed by atoms with Gasteiger partial charge in [-0.15, -0.1) is 0 Å². The lowest BCUT2D eigenvalue weighted by Crippen LogP contribution is -2.14. The molecule has 2 aromatic heterocycles. The van der Waals surface area contributed by atoms with Crippen molar-refractivity contribution in [2.45, 2.75) is 19.4 Å². The van der Waals surface area contributed by atoms with E-state index in [4.69, 9.17) is 10.5 Å². The van der Waals surface area contributed by atoms with Crippen molar-refractivity contribution in [3.8, 4) is 5.75 Å². The Hall–Kier alpha value is -2.40. The zero-order chi connectivity index (χ0) is 14.8. The SMILES string of the molecule is COc1ccc(C)cc1CC(N)c1cnn2ccncc12. The van der Waals surface area contributed by atoms with Gasteiger partial charge < -0.3 is 10.5 Å². The Balaban J connectivity index is 1.93. The Bertz CT molecular complexity index is 766. The van der Waals surface area contributed by atoms with E-state index in [0.29, 0.717) is 6.42 Å². The van der Waals surface area contributed by atoms with Crippen LogP contribution in [0.3, 0.4) is 0 Å². The van der Waals surface area contributed by atoms with Gasteiger partial charge >= 0.3 is 0 Å². The average molecular weight is 282 g/mol. The van der Waals surface area contributed by atoms with E-state index in [1.54, 1.807) is 24.0 Å². The Kier molecular flexibility index (Phi) is 3.58. The van der Waals surface area contributed by atoms with Gasteiger partial charge in [-0.3, -0.25) is 4.98 Å². The fourth-order valence-electron chi connectivity index (χ4n) is 2.55. The van der Waals surface area contributed by atoms with Gasteiger partial charge in [0.25, 0.3) is 0 Å². The molecule has 5 nitrogen and oxygen atoms in total. The predicted octanol–water partition coefficient (Wildman–Crippen LogP) is 2.29. The van der Waals surface area contributed by atoms with Crippen molar-refractivity contribution < 1.29 is 4.74 Å². The fraction of sp³-hybridized carbons (Fsp3) is 0.250. The van der Waals surface area contributed by atoms with Gasteiger partial charge in [0, 0.05) is 24.0 Å². The lowest BCUT2D eigenvalue weighted by atomic mass is 9.99. The smallest absolute Gasteiger partial charge is 0.122 e. The summed E-state index contributed by atoms with van der Waals surface area (Å²) in [5.41, 5.74) is 10.6. The van der Waals surface area contributed by atoms with Gasteiger partial charge in [0.15, 0.2) is 0 Å². The Morgan fingerprint density at radius 3 is 3.00 bits per heavy atom. The van der Waals surface area contributed by atoms with Crippen molar-refractivity contribution in [2.75, 3.05) is 7.11 Å². The lowest BCUT2D eigenvalue weighted by molar-refractivity contribution is 0.408. The molecule has 108 valence electrons. The van der Waals surface area contributed by atoms with Crippen molar-refractivity contribution in [1.29, 1.82) is 0 Å². The molecular weight excluding hydrogens is 264 g/mol. The number of ether oxygens (including phenoxy) is 1. The first-order valence-corrected chi connectivity index (χ1v) is 6.85. The highest BCUT2D eigenvalue weighted by atomic mass is 16.5. The van der Waals surface area contributed by atoms with E-state index in [0.717, 1.165) is 22.4 Å². The molecule has 0 aliphatic rings. The number of aromatic nitrogens is 3. The summed E-state index contributed by atoms with van der Waals surface area (Å²) in [4.78, 5) is 4.14. The van der Waals surface area contributed by atoms with Crippen LogP contribution in [-0.4, -0.2) is 21.7 Å². The normalized spacial score (nSPS) is 12.5. The highest BCUT2D eigenvalue weighted by molar-refractivity contribution is 5.53. The second-order valence-electron chi connectivity index (χ2n) is 5.13. The van der Waals surface area contributed by atoms with Crippen LogP contribution in [0.1, 0.15) is 22.7 Å². The van der Waals surface area contributed by atoms with E-state index in [9.17, 15) is 0 Å². The number of aryl methyl sites for hydroxylation is 1. The number of rotatable bonds is 4. The zero-order valence-corrected chi connectivity index (χ0v) is 12.2. The molecule has 0 amide bonds. The summed E-state index contributed by atoms with van der Waals surface area (Å²) in [5, 5.41) is 4.31. The third-order valence-corrected chi connectivity index (χ3v) is 3.63. The second-order valence-corrected chi connectivity index (χ2v) is 5.13. The molecule has 0 aliphatic heterocycles. The predicted molar refractivity (Wildman–Crippen MR) is 81.4 cm³/mol. The molecule has 0 saturated heterocycles. The van der Waals surface area contributed by atoms with Crippen LogP contribution in [-0.2, 0) is 6.42 Å². The van der Waals surface area contributed by atoms with Crippen LogP contribution in [0.2, 0.25) is 0 Å². The van der Waals surface area contributed by atoms with Crippen LogP contribution >= 0.6 is 0 Å². The highest BCUT2D eigenvalue weighted by Crippen LogP contribution is 2.26. The van der Waals surface area contributed by atoms with E-state index in [1.807, 2.05) is 24.5 Å². The minimum atomic E-state index is -0.151. The lowest BCUT2D eigenvalue weighted by Gasteiger charge is -2.14. The van der Waals surface area contributed by atoms with Gasteiger partial charge in [-0.25, -0.2) is 4.52 Å². The van der Waals surface area contributed by atoms with Gasteiger partial charge in [-0.05, 0) is 25.0 Å². The fourth-order valence-corrected chi connectivity index (χ4v) is 2.55. The van der Waals surface area contributed by atoms with Crippen LogP contribution in [0.25, 0.3) is 5.52 Å². The minimum absolute atomic E-state index is 0.151. The molecule has 3 rings (SSSR count). The molecule has 1 atom stereocenters. The van der Waals surface area contributed by atoms with Gasteiger partial charge in [0.05, 0.1) is 25.0 Å². The summed E-state index contributed by atoms with van der Waals surface area (Å²) in [6.07, 6.45) is 7.82. The highest BCUT2D eigenvalue weighted by Gasteiger charge is 2.15. The second kappa shape index (κ2) is 5.54. The Labute approximate surface area is 123 Å². The van der Waals surface area contributed by atoms with Crippen molar-refractivity contribution in [2.24, 2.45) is 5.73 Å². The van der Waals surface area contributed by atoms with Crippen molar-refractivity contribution >= 4 is 5.52 Å². The standard InChI is InChI=1S/C16H18N4O/c1-11-3-4-16(21-2)12(7-11)8-14(17)13-9-19-20-6-5-18-10-15(13)20/h3-7,9-10,14H,8,17H2,1-2H3. The third kappa shape index (κ3) is 2.60. The molecule has 0 radical (unpaired) electrons. The largest absolute Gasteiger partial charge is 0.496 e. The van der Waals surface area contributed by atoms with E-state index in [1.165, 1.54) is 5.56 Å². The minimum Gasteiger partial charge on any atom is -0.496 e. The van der Waals surface area contributed by atoms with Crippen LogP contribution < -0.4 is 10.5 Å². The molecule has 2 heterocycles. The monoisotopic (exact) mass is 282 g/mol. The van der Waals surface area contributed by atoms with E-state index in [-0.39, 0.29) is 6.04 Å². The number of methoxy groups -OCH3 is 1. The van der Waals surface area contributed by atoms with E-state index >= 15 is 0 Å². The summed E-state index contributed by atoms with van der Waals surface area (Å²) >= 11 is 0. The third-order valence-electron chi connectivity index (χ3n) is 3.63. The first kappa shape index (κ1) is 13.6. The van der Waals surface area contributed by atoms with Gasteiger partial charge in [0.2, 0.25) is 0 Å². The molecule has 21 heavy (non-hydrogen) atoms. The molecule has 0 bridgehead atoms. The number of nitrogens with zero attached hydrogens (tertiary/aromatic N) is 3. The number of hydrogen-bond acceptors (Lipinski definition) is 4. The maximum Gasteiger partial charge on any atom is 0.122 e. The van der Waals surface area contributed by atoms with Crippen LogP contribution in [0, 0.1) is 6.92 Å². The summed E-state index contributed by atoms with van der Waals surface area (Å²) in [6, 6.07) is 5.98. The van der Waals surface area contributed by atoms with E-state index in [2.05, 4.69) is 23.1 Å². The molecule has 0 spiro atoms. The number of benzene rings is 1. The molecule has 2 N–H and O–H groups in total. The van der Waals surface area contributed by atoms with Crippen LogP contribution in [0.5, 0.6) is 5.75 Å². The van der Waals surface area contributed by atoms with Gasteiger partial charge in [0.1, 0.15) is 5.75 Å². The topological polar surface area (TPSA) is 65.4 Å². The first-order valence-electron chi connectivity index (χ1n) is 6.85. The first-order chi connectivity index (χ1) is 10.2.